The molecule has 14 heavy (non-hydrogen) atoms. The summed E-state index contributed by atoms with van der Waals surface area (Å²) in [4.78, 5) is 13.3. The number of pyridine rings is 1. The van der Waals surface area contributed by atoms with E-state index in [9.17, 15) is 18.0 Å². The van der Waals surface area contributed by atoms with Crippen molar-refractivity contribution in [2.24, 2.45) is 0 Å². The van der Waals surface area contributed by atoms with Crippen LogP contribution in [0.4, 0.5) is 13.2 Å². The molecule has 1 aromatic heterocycles. The first-order valence-corrected chi connectivity index (χ1v) is 3.44. The highest BCUT2D eigenvalue weighted by Gasteiger charge is 2.18. The Bertz CT molecular complexity index is 412. The van der Waals surface area contributed by atoms with Gasteiger partial charge < -0.3 is 0 Å². The maximum absolute atomic E-state index is 12.8. The summed E-state index contributed by atoms with van der Waals surface area (Å²) in [5.41, 5.74) is -1.96. The lowest BCUT2D eigenvalue weighted by Crippen LogP contribution is -2.02. The maximum Gasteiger partial charge on any atom is 0.283 e. The molecule has 1 aromatic rings. The number of rotatable bonds is 2. The van der Waals surface area contributed by atoms with Gasteiger partial charge in [0.05, 0.1) is 5.56 Å². The van der Waals surface area contributed by atoms with Gasteiger partial charge in [0.15, 0.2) is 12.1 Å². The first kappa shape index (κ1) is 10.2. The first-order chi connectivity index (χ1) is 6.60. The molecule has 0 bridgehead atoms. The lowest BCUT2D eigenvalue weighted by molar-refractivity contribution is 0.111. The van der Waals surface area contributed by atoms with Crippen LogP contribution in [0.2, 0.25) is 0 Å². The van der Waals surface area contributed by atoms with Crippen LogP contribution in [-0.4, -0.2) is 11.3 Å². The van der Waals surface area contributed by atoms with E-state index in [1.807, 2.05) is 0 Å². The molecule has 0 radical (unpaired) electrons. The van der Waals surface area contributed by atoms with Crippen LogP contribution >= 0.6 is 0 Å². The summed E-state index contributed by atoms with van der Waals surface area (Å²) >= 11 is 0. The predicted octanol–water partition coefficient (Wildman–Crippen LogP) is 1.84. The van der Waals surface area contributed by atoms with E-state index in [1.165, 1.54) is 6.07 Å². The Labute approximate surface area is 76.8 Å². The van der Waals surface area contributed by atoms with Crippen LogP contribution in [0.1, 0.15) is 28.2 Å². The third-order valence-corrected chi connectivity index (χ3v) is 1.47. The predicted molar refractivity (Wildman–Crippen MR) is 39.3 cm³/mol. The molecule has 0 aliphatic carbocycles. The summed E-state index contributed by atoms with van der Waals surface area (Å²) in [6.45, 7) is 0. The number of halogens is 3. The van der Waals surface area contributed by atoms with Crippen LogP contribution in [0, 0.1) is 17.1 Å². The lowest BCUT2D eigenvalue weighted by atomic mass is 10.2. The zero-order valence-electron chi connectivity index (χ0n) is 6.67. The average molecular weight is 200 g/mol. The molecule has 0 aliphatic rings. The molecule has 0 aliphatic heterocycles. The topological polar surface area (TPSA) is 53.8 Å². The molecular formula is C8H3F3N2O. The molecule has 3 nitrogen and oxygen atoms in total. The van der Waals surface area contributed by atoms with Crippen molar-refractivity contribution >= 4 is 6.29 Å². The minimum absolute atomic E-state index is 0.129. The van der Waals surface area contributed by atoms with Crippen LogP contribution < -0.4 is 0 Å². The fourth-order valence-electron chi connectivity index (χ4n) is 0.850. The van der Waals surface area contributed by atoms with Gasteiger partial charge in [-0.2, -0.15) is 5.26 Å². The molecule has 72 valence electrons. The molecule has 0 spiro atoms. The molecule has 0 saturated carbocycles. The SMILES string of the molecule is N#Cc1cc(F)c(C(F)F)nc1C=O. The van der Waals surface area contributed by atoms with Gasteiger partial charge >= 0.3 is 0 Å². The van der Waals surface area contributed by atoms with Gasteiger partial charge in [-0.15, -0.1) is 0 Å². The van der Waals surface area contributed by atoms with Crippen LogP contribution in [0.25, 0.3) is 0 Å². The summed E-state index contributed by atoms with van der Waals surface area (Å²) in [5, 5.41) is 8.40. The van der Waals surface area contributed by atoms with Crippen molar-refractivity contribution in [3.8, 4) is 6.07 Å². The number of hydrogen-bond acceptors (Lipinski definition) is 3. The van der Waals surface area contributed by atoms with Crippen molar-refractivity contribution in [3.63, 3.8) is 0 Å². The fourth-order valence-corrected chi connectivity index (χ4v) is 0.850. The van der Waals surface area contributed by atoms with Crippen molar-refractivity contribution in [2.75, 3.05) is 0 Å². The van der Waals surface area contributed by atoms with Gasteiger partial charge in [0.2, 0.25) is 0 Å². The number of carbonyl (C=O) groups excluding carboxylic acids is 1. The second-order valence-electron chi connectivity index (χ2n) is 2.32. The first-order valence-electron chi connectivity index (χ1n) is 3.44. The molecule has 0 aromatic carbocycles. The monoisotopic (exact) mass is 200 g/mol. The quantitative estimate of drug-likeness (QED) is 0.684. The van der Waals surface area contributed by atoms with E-state index in [2.05, 4.69) is 4.98 Å². The third kappa shape index (κ3) is 1.71. The van der Waals surface area contributed by atoms with E-state index in [-0.39, 0.29) is 11.8 Å². The molecule has 0 atom stereocenters. The van der Waals surface area contributed by atoms with Gasteiger partial charge in [0.1, 0.15) is 17.5 Å². The molecule has 6 heteroatoms. The van der Waals surface area contributed by atoms with Crippen molar-refractivity contribution in [1.82, 2.24) is 4.98 Å². The Hall–Kier alpha value is -1.90. The molecular weight excluding hydrogens is 197 g/mol. The lowest BCUT2D eigenvalue weighted by Gasteiger charge is -2.02. The molecule has 1 heterocycles. The highest BCUT2D eigenvalue weighted by atomic mass is 19.3. The Morgan fingerprint density at radius 1 is 1.57 bits per heavy atom. The van der Waals surface area contributed by atoms with Crippen molar-refractivity contribution < 1.29 is 18.0 Å². The van der Waals surface area contributed by atoms with Gasteiger partial charge in [0, 0.05) is 0 Å². The number of aldehydes is 1. The Kier molecular flexibility index (Phi) is 2.82. The molecule has 0 N–H and O–H groups in total. The smallest absolute Gasteiger partial charge is 0.283 e. The zero-order valence-corrected chi connectivity index (χ0v) is 6.67. The summed E-state index contributed by atoms with van der Waals surface area (Å²) < 4.78 is 37.0. The zero-order chi connectivity index (χ0) is 10.7. The summed E-state index contributed by atoms with van der Waals surface area (Å²) in [6, 6.07) is 2.04. The summed E-state index contributed by atoms with van der Waals surface area (Å²) in [7, 11) is 0. The van der Waals surface area contributed by atoms with Crippen molar-refractivity contribution in [2.45, 2.75) is 6.43 Å². The minimum atomic E-state index is -3.11. The Morgan fingerprint density at radius 3 is 2.64 bits per heavy atom. The number of alkyl halides is 2. The van der Waals surface area contributed by atoms with E-state index in [0.717, 1.165) is 0 Å². The van der Waals surface area contributed by atoms with Crippen LogP contribution in [0.5, 0.6) is 0 Å². The van der Waals surface area contributed by atoms with Gasteiger partial charge in [0.25, 0.3) is 6.43 Å². The van der Waals surface area contributed by atoms with Crippen LogP contribution in [0.15, 0.2) is 6.07 Å². The molecule has 1 rings (SSSR count). The fraction of sp³-hybridized carbons (Fsp3) is 0.125. The number of hydrogen-bond donors (Lipinski definition) is 0. The number of carbonyl (C=O) groups is 1. The van der Waals surface area contributed by atoms with E-state index >= 15 is 0 Å². The highest BCUT2D eigenvalue weighted by Crippen LogP contribution is 2.21. The summed E-state index contributed by atoms with van der Waals surface area (Å²) in [6.07, 6.45) is -2.98. The van der Waals surface area contributed by atoms with Crippen molar-refractivity contribution in [3.05, 3.63) is 28.8 Å². The van der Waals surface area contributed by atoms with E-state index < -0.39 is 23.6 Å². The van der Waals surface area contributed by atoms with Crippen molar-refractivity contribution in [1.29, 1.82) is 5.26 Å². The van der Waals surface area contributed by atoms with E-state index in [1.54, 1.807) is 0 Å². The molecule has 0 fully saturated rings. The number of nitrogens with zero attached hydrogens (tertiary/aromatic N) is 2. The second-order valence-corrected chi connectivity index (χ2v) is 2.32. The van der Waals surface area contributed by atoms with Gasteiger partial charge in [-0.3, -0.25) is 4.79 Å². The molecule has 0 amide bonds. The van der Waals surface area contributed by atoms with E-state index in [4.69, 9.17) is 5.26 Å². The van der Waals surface area contributed by atoms with Gasteiger partial charge in [-0.1, -0.05) is 0 Å². The Morgan fingerprint density at radius 2 is 2.21 bits per heavy atom. The third-order valence-electron chi connectivity index (χ3n) is 1.47. The normalized spacial score (nSPS) is 9.93. The second kappa shape index (κ2) is 3.87. The highest BCUT2D eigenvalue weighted by molar-refractivity contribution is 5.76. The van der Waals surface area contributed by atoms with Crippen LogP contribution in [0.3, 0.4) is 0 Å². The standard InChI is InChI=1S/C8H3F3N2O/c9-5-1-4(2-12)6(3-14)13-7(5)8(10)11/h1,3,8H. The number of aromatic nitrogens is 1. The van der Waals surface area contributed by atoms with E-state index in [0.29, 0.717) is 6.07 Å². The van der Waals surface area contributed by atoms with Gasteiger partial charge in [-0.05, 0) is 6.07 Å². The minimum Gasteiger partial charge on any atom is -0.296 e. The van der Waals surface area contributed by atoms with Crippen LogP contribution in [-0.2, 0) is 0 Å². The largest absolute Gasteiger partial charge is 0.296 e. The Balaban J connectivity index is 3.39. The molecule has 0 unspecified atom stereocenters. The van der Waals surface area contributed by atoms with Gasteiger partial charge in [-0.25, -0.2) is 18.2 Å². The number of nitriles is 1. The molecule has 0 saturated heterocycles. The maximum atomic E-state index is 12.8. The summed E-state index contributed by atoms with van der Waals surface area (Å²) in [5.74, 6) is -1.29. The average Bonchev–Trinajstić information content (AvgIpc) is 2.16.